The Labute approximate surface area is 164 Å². The summed E-state index contributed by atoms with van der Waals surface area (Å²) in [5.41, 5.74) is 1.80. The third kappa shape index (κ3) is 4.60. The van der Waals surface area contributed by atoms with Gasteiger partial charge in [-0.15, -0.1) is 11.3 Å². The summed E-state index contributed by atoms with van der Waals surface area (Å²) in [4.78, 5) is 16.6. The van der Waals surface area contributed by atoms with E-state index >= 15 is 0 Å². The van der Waals surface area contributed by atoms with Crippen LogP contribution in [0.2, 0.25) is 5.02 Å². The van der Waals surface area contributed by atoms with E-state index in [1.807, 2.05) is 36.4 Å². The number of amides is 1. The second-order valence-electron chi connectivity index (χ2n) is 5.35. The van der Waals surface area contributed by atoms with Crippen LogP contribution in [0.4, 0.5) is 0 Å². The predicted molar refractivity (Wildman–Crippen MR) is 107 cm³/mol. The Morgan fingerprint density at radius 1 is 1.19 bits per heavy atom. The average molecular weight is 409 g/mol. The first kappa shape index (κ1) is 18.8. The van der Waals surface area contributed by atoms with E-state index in [0.717, 1.165) is 20.1 Å². The third-order valence-corrected chi connectivity index (χ3v) is 6.01. The summed E-state index contributed by atoms with van der Waals surface area (Å²) < 4.78 is 12.4. The van der Waals surface area contributed by atoms with Gasteiger partial charge in [0.05, 0.1) is 30.2 Å². The molecule has 0 bridgehead atoms. The van der Waals surface area contributed by atoms with Crippen LogP contribution in [0.1, 0.15) is 5.56 Å². The Kier molecular flexibility index (Phi) is 6.24. The fraction of sp³-hybridized carbons (Fsp3) is 0.222. The normalized spacial score (nSPS) is 10.7. The van der Waals surface area contributed by atoms with Gasteiger partial charge in [0.15, 0.2) is 15.8 Å². The van der Waals surface area contributed by atoms with Crippen LogP contribution in [0.3, 0.4) is 0 Å². The summed E-state index contributed by atoms with van der Waals surface area (Å²) in [6.07, 6.45) is 0. The van der Waals surface area contributed by atoms with Crippen molar-refractivity contribution in [3.63, 3.8) is 0 Å². The number of halogens is 1. The van der Waals surface area contributed by atoms with Crippen LogP contribution in [-0.2, 0) is 11.3 Å². The number of fused-ring (bicyclic) bond motifs is 1. The lowest BCUT2D eigenvalue weighted by Crippen LogP contribution is -2.24. The van der Waals surface area contributed by atoms with Crippen LogP contribution in [0, 0.1) is 0 Å². The van der Waals surface area contributed by atoms with Gasteiger partial charge in [0, 0.05) is 11.6 Å². The molecule has 0 aliphatic carbocycles. The molecule has 1 amide bonds. The van der Waals surface area contributed by atoms with Crippen LogP contribution < -0.4 is 14.8 Å². The fourth-order valence-corrected chi connectivity index (χ4v) is 4.36. The molecule has 0 aliphatic rings. The SMILES string of the molecule is COc1ccc(CNC(=O)CSc2nc3cc(Cl)ccc3s2)cc1OC. The molecule has 1 aromatic heterocycles. The fourth-order valence-electron chi connectivity index (χ4n) is 2.31. The van der Waals surface area contributed by atoms with E-state index < -0.39 is 0 Å². The monoisotopic (exact) mass is 408 g/mol. The highest BCUT2D eigenvalue weighted by molar-refractivity contribution is 8.01. The summed E-state index contributed by atoms with van der Waals surface area (Å²) in [6.45, 7) is 0.426. The summed E-state index contributed by atoms with van der Waals surface area (Å²) in [5.74, 6) is 1.55. The molecule has 0 fully saturated rings. The number of carbonyl (C=O) groups excluding carboxylic acids is 1. The van der Waals surface area contributed by atoms with Crippen molar-refractivity contribution in [1.29, 1.82) is 0 Å². The highest BCUT2D eigenvalue weighted by Gasteiger charge is 2.09. The molecule has 0 saturated carbocycles. The summed E-state index contributed by atoms with van der Waals surface area (Å²) in [5, 5.41) is 3.56. The molecule has 26 heavy (non-hydrogen) atoms. The van der Waals surface area contributed by atoms with E-state index in [4.69, 9.17) is 21.1 Å². The first-order valence-corrected chi connectivity index (χ1v) is 9.93. The van der Waals surface area contributed by atoms with Crippen LogP contribution in [-0.4, -0.2) is 30.9 Å². The van der Waals surface area contributed by atoms with Crippen LogP contribution in [0.25, 0.3) is 10.2 Å². The van der Waals surface area contributed by atoms with Crippen LogP contribution in [0.15, 0.2) is 40.7 Å². The topological polar surface area (TPSA) is 60.5 Å². The molecule has 1 N–H and O–H groups in total. The van der Waals surface area contributed by atoms with E-state index in [9.17, 15) is 4.79 Å². The van der Waals surface area contributed by atoms with Crippen molar-refractivity contribution < 1.29 is 14.3 Å². The lowest BCUT2D eigenvalue weighted by atomic mass is 10.2. The Balaban J connectivity index is 1.53. The highest BCUT2D eigenvalue weighted by atomic mass is 35.5. The lowest BCUT2D eigenvalue weighted by Gasteiger charge is -2.10. The number of rotatable bonds is 7. The van der Waals surface area contributed by atoms with Gasteiger partial charge in [-0.2, -0.15) is 0 Å². The molecule has 0 radical (unpaired) electrons. The number of ether oxygens (including phenoxy) is 2. The summed E-state index contributed by atoms with van der Waals surface area (Å²) >= 11 is 8.94. The summed E-state index contributed by atoms with van der Waals surface area (Å²) in [6, 6.07) is 11.2. The largest absolute Gasteiger partial charge is 0.493 e. The molecule has 0 aliphatic heterocycles. The Morgan fingerprint density at radius 2 is 2.00 bits per heavy atom. The minimum atomic E-state index is -0.0536. The smallest absolute Gasteiger partial charge is 0.230 e. The van der Waals surface area contributed by atoms with Crippen molar-refractivity contribution in [2.24, 2.45) is 0 Å². The van der Waals surface area contributed by atoms with Gasteiger partial charge in [-0.3, -0.25) is 4.79 Å². The van der Waals surface area contributed by atoms with E-state index in [1.54, 1.807) is 25.6 Å². The molecule has 5 nitrogen and oxygen atoms in total. The van der Waals surface area contributed by atoms with Crippen molar-refractivity contribution in [3.05, 3.63) is 47.0 Å². The van der Waals surface area contributed by atoms with Crippen molar-refractivity contribution in [2.75, 3.05) is 20.0 Å². The van der Waals surface area contributed by atoms with Crippen molar-refractivity contribution >= 4 is 50.8 Å². The van der Waals surface area contributed by atoms with Gasteiger partial charge < -0.3 is 14.8 Å². The number of nitrogens with zero attached hydrogens (tertiary/aromatic N) is 1. The quantitative estimate of drug-likeness (QED) is 0.588. The number of benzene rings is 2. The van der Waals surface area contributed by atoms with E-state index in [0.29, 0.717) is 28.8 Å². The predicted octanol–water partition coefficient (Wildman–Crippen LogP) is 4.38. The van der Waals surface area contributed by atoms with E-state index in [1.165, 1.54) is 11.8 Å². The molecule has 0 unspecified atom stereocenters. The number of nitrogens with one attached hydrogen (secondary N) is 1. The maximum Gasteiger partial charge on any atom is 0.230 e. The van der Waals surface area contributed by atoms with Gasteiger partial charge in [0.1, 0.15) is 0 Å². The average Bonchev–Trinajstić information content (AvgIpc) is 3.06. The number of thioether (sulfide) groups is 1. The number of methoxy groups -OCH3 is 2. The van der Waals surface area contributed by atoms with Crippen molar-refractivity contribution in [1.82, 2.24) is 10.3 Å². The molecule has 8 heteroatoms. The van der Waals surface area contributed by atoms with E-state index in [-0.39, 0.29) is 5.91 Å². The molecule has 3 aromatic rings. The lowest BCUT2D eigenvalue weighted by molar-refractivity contribution is -0.118. The van der Waals surface area contributed by atoms with Gasteiger partial charge in [-0.1, -0.05) is 29.4 Å². The van der Waals surface area contributed by atoms with Gasteiger partial charge in [-0.25, -0.2) is 4.98 Å². The second kappa shape index (κ2) is 8.62. The Morgan fingerprint density at radius 3 is 2.77 bits per heavy atom. The number of carbonyl (C=O) groups is 1. The third-order valence-electron chi connectivity index (χ3n) is 3.59. The Bertz CT molecular complexity index is 930. The first-order valence-electron chi connectivity index (χ1n) is 7.75. The van der Waals surface area contributed by atoms with Gasteiger partial charge >= 0.3 is 0 Å². The first-order chi connectivity index (χ1) is 12.6. The molecule has 136 valence electrons. The van der Waals surface area contributed by atoms with E-state index in [2.05, 4.69) is 10.3 Å². The second-order valence-corrected chi connectivity index (χ2v) is 8.04. The minimum Gasteiger partial charge on any atom is -0.493 e. The molecular formula is C18H17ClN2O3S2. The number of thiazole rings is 1. The highest BCUT2D eigenvalue weighted by Crippen LogP contribution is 2.31. The molecule has 0 spiro atoms. The maximum absolute atomic E-state index is 12.1. The minimum absolute atomic E-state index is 0.0536. The standard InChI is InChI=1S/C18H17ClN2O3S2/c1-23-14-5-3-11(7-15(14)24-2)9-20-17(22)10-25-18-21-13-8-12(19)4-6-16(13)26-18/h3-8H,9-10H2,1-2H3,(H,20,22). The zero-order chi connectivity index (χ0) is 18.5. The molecule has 0 saturated heterocycles. The zero-order valence-electron chi connectivity index (χ0n) is 14.2. The number of hydrogen-bond donors (Lipinski definition) is 1. The van der Waals surface area contributed by atoms with Crippen LogP contribution in [0.5, 0.6) is 11.5 Å². The molecule has 3 rings (SSSR count). The Hall–Kier alpha value is -1.96. The number of hydrogen-bond acceptors (Lipinski definition) is 6. The van der Waals surface area contributed by atoms with Crippen LogP contribution >= 0.6 is 34.7 Å². The van der Waals surface area contributed by atoms with Gasteiger partial charge in [0.25, 0.3) is 0 Å². The number of aromatic nitrogens is 1. The zero-order valence-corrected chi connectivity index (χ0v) is 16.6. The van der Waals surface area contributed by atoms with Crippen molar-refractivity contribution in [3.8, 4) is 11.5 Å². The van der Waals surface area contributed by atoms with Gasteiger partial charge in [-0.05, 0) is 35.9 Å². The molecule has 1 heterocycles. The molecule has 0 atom stereocenters. The summed E-state index contributed by atoms with van der Waals surface area (Å²) in [7, 11) is 3.18. The molecule has 2 aromatic carbocycles. The van der Waals surface area contributed by atoms with Crippen molar-refractivity contribution in [2.45, 2.75) is 10.9 Å². The van der Waals surface area contributed by atoms with Gasteiger partial charge in [0.2, 0.25) is 5.91 Å². The maximum atomic E-state index is 12.1. The molecular weight excluding hydrogens is 392 g/mol.